The first-order valence-electron chi connectivity index (χ1n) is 0.936. The van der Waals surface area contributed by atoms with Gasteiger partial charge in [-0.3, -0.25) is 11.1 Å². The van der Waals surface area contributed by atoms with Gasteiger partial charge in [-0.25, -0.2) is 0 Å². The molecule has 0 saturated heterocycles. The fourth-order valence-corrected chi connectivity index (χ4v) is 0. The molecule has 0 aromatic heterocycles. The molecule has 0 bridgehead atoms. The lowest BCUT2D eigenvalue weighted by Crippen LogP contribution is -3.00. The van der Waals surface area contributed by atoms with Gasteiger partial charge in [0.2, 0.25) is 0 Å². The molecule has 0 aliphatic carbocycles. The first-order chi connectivity index (χ1) is 2.27. The molecule has 38 valence electrons. The van der Waals surface area contributed by atoms with Crippen LogP contribution in [0.3, 0.4) is 0 Å². The molecule has 3 nitrogen and oxygen atoms in total. The van der Waals surface area contributed by atoms with Crippen molar-refractivity contribution in [3.8, 4) is 0 Å². The van der Waals surface area contributed by atoms with Crippen LogP contribution >= 0.6 is 11.9 Å². The summed E-state index contributed by atoms with van der Waals surface area (Å²) in [6.07, 6.45) is 0. The molecular weight excluding hydrogens is 127 g/mol. The van der Waals surface area contributed by atoms with Crippen molar-refractivity contribution in [2.75, 3.05) is 0 Å². The first kappa shape index (κ1) is 9.28. The summed E-state index contributed by atoms with van der Waals surface area (Å²) >= 11 is 4.55. The van der Waals surface area contributed by atoms with Gasteiger partial charge in [-0.15, -0.1) is 0 Å². The van der Waals surface area contributed by atoms with Gasteiger partial charge in [-0.2, -0.15) is 0 Å². The van der Waals surface area contributed by atoms with Crippen LogP contribution in [0.1, 0.15) is 0 Å². The van der Waals surface area contributed by atoms with E-state index in [-0.39, 0.29) is 18.4 Å². The molecule has 4 N–H and O–H groups in total. The van der Waals surface area contributed by atoms with Crippen LogP contribution in [0.5, 0.6) is 0 Å². The van der Waals surface area contributed by atoms with Crippen molar-refractivity contribution >= 4 is 17.9 Å². The van der Waals surface area contributed by atoms with Crippen LogP contribution in [0, 0.1) is 0 Å². The van der Waals surface area contributed by atoms with Crippen molar-refractivity contribution in [2.24, 2.45) is 5.73 Å². The third kappa shape index (κ3) is 9.14. The minimum absolute atomic E-state index is 0. The number of amidine groups is 1. The number of halogens is 2. The highest BCUT2D eigenvalue weighted by molar-refractivity contribution is 6.12. The van der Waals surface area contributed by atoms with Crippen LogP contribution in [0.25, 0.3) is 0 Å². The summed E-state index contributed by atoms with van der Waals surface area (Å²) in [5.41, 5.74) is 4.63. The highest BCUT2D eigenvalue weighted by atomic mass is 35.5. The Balaban J connectivity index is 0. The maximum absolute atomic E-state index is 4.63. The number of rotatable bonds is 0. The van der Waals surface area contributed by atoms with Gasteiger partial charge in [-0.05, 0) is 0 Å². The Hall–Kier alpha value is -0.150. The highest BCUT2D eigenvalue weighted by Gasteiger charge is 1.83. The summed E-state index contributed by atoms with van der Waals surface area (Å²) in [6, 6.07) is -0.230. The molecule has 0 radical (unpaired) electrons. The van der Waals surface area contributed by atoms with Gasteiger partial charge >= 0.3 is 6.02 Å². The van der Waals surface area contributed by atoms with Crippen LogP contribution in [0.15, 0.2) is 0 Å². The normalized spacial score (nSPS) is 5.50. The summed E-state index contributed by atoms with van der Waals surface area (Å²) in [5.74, 6) is 0. The molecule has 5 heteroatoms. The Morgan fingerprint density at radius 2 is 2.00 bits per heavy atom. The van der Waals surface area contributed by atoms with Crippen molar-refractivity contribution in [1.29, 1.82) is 0 Å². The zero-order chi connectivity index (χ0) is 4.28. The van der Waals surface area contributed by atoms with E-state index in [0.717, 1.165) is 0 Å². The van der Waals surface area contributed by atoms with Crippen molar-refractivity contribution in [3.63, 3.8) is 0 Å². The predicted octanol–water partition coefficient (Wildman–Crippen LogP) is -4.77. The molecule has 0 fully saturated rings. The fourth-order valence-electron chi connectivity index (χ4n) is 0. The smallest absolute Gasteiger partial charge is 0.456 e. The molecule has 0 heterocycles. The Morgan fingerprint density at radius 3 is 2.00 bits per heavy atom. The minimum Gasteiger partial charge on any atom is -1.00 e. The van der Waals surface area contributed by atoms with Gasteiger partial charge in [0.05, 0.1) is 0 Å². The van der Waals surface area contributed by atoms with E-state index in [2.05, 4.69) is 27.3 Å². The molecule has 0 aromatic rings. The van der Waals surface area contributed by atoms with Gasteiger partial charge in [0.25, 0.3) is 0 Å². The van der Waals surface area contributed by atoms with Crippen molar-refractivity contribution in [1.82, 2.24) is 0 Å². The van der Waals surface area contributed by atoms with Gasteiger partial charge in [0.15, 0.2) is 0 Å². The van der Waals surface area contributed by atoms with Crippen LogP contribution < -0.4 is 23.5 Å². The van der Waals surface area contributed by atoms with Crippen LogP contribution in [-0.2, 0) is 4.29 Å². The number of nitrogens with two attached hydrogens (primary N) is 2. The largest absolute Gasteiger partial charge is 1.00 e. The molecular formula is CH4Cl2N2O. The average Bonchev–Trinajstić information content (AvgIpc) is 1.38. The SMILES string of the molecule is NC(=[NH2+])OCl.[Cl-]. The maximum atomic E-state index is 4.63. The Bertz CT molecular complexity index is 46.8. The number of hydrogen-bond acceptors (Lipinski definition) is 1. The van der Waals surface area contributed by atoms with Gasteiger partial charge < -0.3 is 16.7 Å². The summed E-state index contributed by atoms with van der Waals surface area (Å²) in [5, 5.41) is 4.63. The third-order valence-corrected chi connectivity index (χ3v) is 0.267. The third-order valence-electron chi connectivity index (χ3n) is 0.0891. The second-order valence-electron chi connectivity index (χ2n) is 0.480. The Kier molecular flexibility index (Phi) is 7.50. The standard InChI is InChI=1S/CH3ClN2O.ClH/c2-5-1(3)4;/h(H3,3,4);1H. The van der Waals surface area contributed by atoms with Crippen molar-refractivity contribution in [2.45, 2.75) is 0 Å². The predicted molar refractivity (Wildman–Crippen MR) is 18.1 cm³/mol. The second kappa shape index (κ2) is 4.85. The molecule has 0 saturated carbocycles. The zero-order valence-corrected chi connectivity index (χ0v) is 4.33. The summed E-state index contributed by atoms with van der Waals surface area (Å²) in [7, 11) is 0. The summed E-state index contributed by atoms with van der Waals surface area (Å²) in [4.78, 5) is 0. The summed E-state index contributed by atoms with van der Waals surface area (Å²) in [6.45, 7) is 0. The summed E-state index contributed by atoms with van der Waals surface area (Å²) < 4.78 is 3.69. The number of hydrogen-bond donors (Lipinski definition) is 2. The zero-order valence-electron chi connectivity index (χ0n) is 2.82. The minimum atomic E-state index is -0.230. The first-order valence-corrected chi connectivity index (χ1v) is 1.24. The monoisotopic (exact) mass is 130 g/mol. The molecule has 0 amide bonds. The Labute approximate surface area is 46.5 Å². The van der Waals surface area contributed by atoms with Gasteiger partial charge in [0.1, 0.15) is 11.9 Å². The lowest BCUT2D eigenvalue weighted by molar-refractivity contribution is -0.132. The molecule has 0 spiro atoms. The van der Waals surface area contributed by atoms with Crippen LogP contribution in [-0.4, -0.2) is 6.02 Å². The molecule has 0 unspecified atom stereocenters. The van der Waals surface area contributed by atoms with Crippen LogP contribution in [0.2, 0.25) is 0 Å². The molecule has 0 aliphatic heterocycles. The van der Waals surface area contributed by atoms with Gasteiger partial charge in [-0.1, -0.05) is 0 Å². The average molecular weight is 131 g/mol. The molecule has 6 heavy (non-hydrogen) atoms. The van der Waals surface area contributed by atoms with E-state index in [9.17, 15) is 0 Å². The fraction of sp³-hybridized carbons (Fsp3) is 0. The van der Waals surface area contributed by atoms with E-state index in [0.29, 0.717) is 0 Å². The topological polar surface area (TPSA) is 60.8 Å². The van der Waals surface area contributed by atoms with Crippen LogP contribution in [0.4, 0.5) is 0 Å². The van der Waals surface area contributed by atoms with Crippen molar-refractivity contribution < 1.29 is 22.1 Å². The highest BCUT2D eigenvalue weighted by Crippen LogP contribution is 1.66. The lowest BCUT2D eigenvalue weighted by atomic mass is 11.3. The van der Waals surface area contributed by atoms with Gasteiger partial charge in [0, 0.05) is 0 Å². The maximum Gasteiger partial charge on any atom is 0.456 e. The van der Waals surface area contributed by atoms with E-state index in [1.807, 2.05) is 0 Å². The van der Waals surface area contributed by atoms with E-state index >= 15 is 0 Å². The van der Waals surface area contributed by atoms with E-state index in [4.69, 9.17) is 0 Å². The van der Waals surface area contributed by atoms with E-state index < -0.39 is 0 Å². The second-order valence-corrected chi connectivity index (χ2v) is 0.634. The Morgan fingerprint density at radius 1 is 1.83 bits per heavy atom. The van der Waals surface area contributed by atoms with E-state index in [1.165, 1.54) is 0 Å². The lowest BCUT2D eigenvalue weighted by Gasteiger charge is -1.72. The van der Waals surface area contributed by atoms with Crippen molar-refractivity contribution in [3.05, 3.63) is 0 Å². The quantitative estimate of drug-likeness (QED) is 0.256. The molecule has 0 atom stereocenters. The molecule has 0 rings (SSSR count). The van der Waals surface area contributed by atoms with E-state index in [1.54, 1.807) is 0 Å². The molecule has 0 aliphatic rings. The molecule has 0 aromatic carbocycles.